The van der Waals surface area contributed by atoms with E-state index in [9.17, 15) is 4.79 Å². The summed E-state index contributed by atoms with van der Waals surface area (Å²) in [4.78, 5) is 13.5. The minimum absolute atomic E-state index is 0.000694. The number of nitrogens with zero attached hydrogens (tertiary/aromatic N) is 2. The van der Waals surface area contributed by atoms with Crippen molar-refractivity contribution in [1.82, 2.24) is 9.47 Å². The summed E-state index contributed by atoms with van der Waals surface area (Å²) in [6.45, 7) is 5.31. The fraction of sp³-hybridized carbons (Fsp3) is 0.417. The number of carbonyl (C=O) groups is 1. The van der Waals surface area contributed by atoms with Crippen LogP contribution in [0.3, 0.4) is 0 Å². The second-order valence-electron chi connectivity index (χ2n) is 3.87. The van der Waals surface area contributed by atoms with Crippen LogP contribution in [-0.4, -0.2) is 35.1 Å². The molecule has 0 saturated carbocycles. The Hall–Kier alpha value is -1.55. The van der Waals surface area contributed by atoms with Crippen molar-refractivity contribution in [3.05, 3.63) is 36.7 Å². The van der Waals surface area contributed by atoms with Crippen LogP contribution in [0, 0.1) is 0 Å². The lowest BCUT2D eigenvalue weighted by Gasteiger charge is -2.35. The molecule has 0 radical (unpaired) electrons. The molecule has 1 fully saturated rings. The maximum absolute atomic E-state index is 11.7. The molecule has 0 N–H and O–H groups in total. The molecule has 4 heteroatoms. The number of ether oxygens (including phenoxy) is 1. The summed E-state index contributed by atoms with van der Waals surface area (Å²) >= 11 is 0. The van der Waals surface area contributed by atoms with Gasteiger partial charge < -0.3 is 14.2 Å². The second kappa shape index (κ2) is 4.53. The Bertz CT molecular complexity index is 397. The minimum Gasteiger partial charge on any atom is -0.377 e. The molecule has 0 aliphatic carbocycles. The Morgan fingerprint density at radius 1 is 1.69 bits per heavy atom. The lowest BCUT2D eigenvalue weighted by atomic mass is 10.1. The number of hydrogen-bond donors (Lipinski definition) is 0. The molecule has 1 aliphatic rings. The zero-order valence-electron chi connectivity index (χ0n) is 9.43. The summed E-state index contributed by atoms with van der Waals surface area (Å²) in [6.07, 6.45) is 3.34. The fourth-order valence-corrected chi connectivity index (χ4v) is 2.05. The lowest BCUT2D eigenvalue weighted by molar-refractivity contribution is -0.135. The maximum atomic E-state index is 11.7. The van der Waals surface area contributed by atoms with Crippen molar-refractivity contribution in [2.75, 3.05) is 19.8 Å². The largest absolute Gasteiger partial charge is 0.377 e. The number of aryl methyl sites for hydroxylation is 1. The van der Waals surface area contributed by atoms with Gasteiger partial charge in [-0.25, -0.2) is 0 Å². The van der Waals surface area contributed by atoms with Crippen molar-refractivity contribution < 1.29 is 9.53 Å². The summed E-state index contributed by atoms with van der Waals surface area (Å²) in [5.41, 5.74) is 1.09. The molecule has 0 bridgehead atoms. The molecule has 86 valence electrons. The zero-order valence-corrected chi connectivity index (χ0v) is 9.43. The van der Waals surface area contributed by atoms with Crippen LogP contribution in [0.2, 0.25) is 0 Å². The van der Waals surface area contributed by atoms with Gasteiger partial charge in [0.05, 0.1) is 19.3 Å². The van der Waals surface area contributed by atoms with Crippen molar-refractivity contribution in [3.63, 3.8) is 0 Å². The Balaban J connectivity index is 2.26. The third kappa shape index (κ3) is 1.88. The van der Waals surface area contributed by atoms with Gasteiger partial charge in [0.15, 0.2) is 0 Å². The molecule has 16 heavy (non-hydrogen) atoms. The van der Waals surface area contributed by atoms with E-state index in [4.69, 9.17) is 4.74 Å². The van der Waals surface area contributed by atoms with Gasteiger partial charge in [-0.1, -0.05) is 6.58 Å². The van der Waals surface area contributed by atoms with Gasteiger partial charge in [-0.3, -0.25) is 4.79 Å². The van der Waals surface area contributed by atoms with Crippen molar-refractivity contribution in [3.8, 4) is 0 Å². The summed E-state index contributed by atoms with van der Waals surface area (Å²) < 4.78 is 7.46. The summed E-state index contributed by atoms with van der Waals surface area (Å²) in [6, 6.07) is 3.99. The van der Waals surface area contributed by atoms with E-state index < -0.39 is 0 Å². The van der Waals surface area contributed by atoms with Crippen molar-refractivity contribution in [2.24, 2.45) is 7.05 Å². The topological polar surface area (TPSA) is 34.5 Å². The Labute approximate surface area is 95.1 Å². The molecular formula is C12H16N2O2. The summed E-state index contributed by atoms with van der Waals surface area (Å²) in [5, 5.41) is 0. The first-order chi connectivity index (χ1) is 7.74. The van der Waals surface area contributed by atoms with E-state index in [0.717, 1.165) is 5.69 Å². The Morgan fingerprint density at radius 3 is 3.12 bits per heavy atom. The van der Waals surface area contributed by atoms with Gasteiger partial charge in [0.25, 0.3) is 0 Å². The van der Waals surface area contributed by atoms with Crippen LogP contribution in [0.1, 0.15) is 11.7 Å². The van der Waals surface area contributed by atoms with Gasteiger partial charge >= 0.3 is 0 Å². The predicted molar refractivity (Wildman–Crippen MR) is 60.9 cm³/mol. The number of morpholine rings is 1. The number of hydrogen-bond acceptors (Lipinski definition) is 2. The van der Waals surface area contributed by atoms with Crippen LogP contribution in [0.5, 0.6) is 0 Å². The highest BCUT2D eigenvalue weighted by molar-refractivity contribution is 5.87. The lowest BCUT2D eigenvalue weighted by Crippen LogP contribution is -2.43. The third-order valence-electron chi connectivity index (χ3n) is 2.91. The van der Waals surface area contributed by atoms with Crippen molar-refractivity contribution >= 4 is 5.91 Å². The summed E-state index contributed by atoms with van der Waals surface area (Å²) in [7, 11) is 1.97. The molecule has 1 aliphatic heterocycles. The first-order valence-electron chi connectivity index (χ1n) is 5.36. The van der Waals surface area contributed by atoms with E-state index in [-0.39, 0.29) is 11.9 Å². The fourth-order valence-electron chi connectivity index (χ4n) is 2.05. The average Bonchev–Trinajstić information content (AvgIpc) is 2.74. The molecule has 1 amide bonds. The molecule has 1 aromatic rings. The minimum atomic E-state index is -0.0329. The van der Waals surface area contributed by atoms with Gasteiger partial charge in [-0.2, -0.15) is 0 Å². The van der Waals surface area contributed by atoms with E-state index in [1.165, 1.54) is 6.08 Å². The Morgan fingerprint density at radius 2 is 2.50 bits per heavy atom. The quantitative estimate of drug-likeness (QED) is 0.700. The van der Waals surface area contributed by atoms with Crippen LogP contribution in [0.15, 0.2) is 31.0 Å². The zero-order chi connectivity index (χ0) is 11.5. The standard InChI is InChI=1S/C12H16N2O2/c1-3-12(15)14-7-8-16-9-11(14)10-5-4-6-13(10)2/h3-6,11H,1,7-9H2,2H3. The van der Waals surface area contributed by atoms with Gasteiger partial charge in [0.2, 0.25) is 5.91 Å². The highest BCUT2D eigenvalue weighted by Gasteiger charge is 2.28. The third-order valence-corrected chi connectivity index (χ3v) is 2.91. The van der Waals surface area contributed by atoms with Crippen LogP contribution >= 0.6 is 0 Å². The SMILES string of the molecule is C=CC(=O)N1CCOCC1c1cccn1C. The van der Waals surface area contributed by atoms with Gasteiger partial charge in [-0.05, 0) is 18.2 Å². The van der Waals surface area contributed by atoms with E-state index >= 15 is 0 Å². The molecule has 1 aromatic heterocycles. The van der Waals surface area contributed by atoms with E-state index in [2.05, 4.69) is 6.58 Å². The number of carbonyl (C=O) groups excluding carboxylic acids is 1. The summed E-state index contributed by atoms with van der Waals surface area (Å²) in [5.74, 6) is -0.0329. The van der Waals surface area contributed by atoms with E-state index in [1.807, 2.05) is 34.8 Å². The number of rotatable bonds is 2. The molecule has 2 heterocycles. The second-order valence-corrected chi connectivity index (χ2v) is 3.87. The van der Waals surface area contributed by atoms with Crippen LogP contribution < -0.4 is 0 Å². The molecule has 1 atom stereocenters. The van der Waals surface area contributed by atoms with Crippen molar-refractivity contribution in [2.45, 2.75) is 6.04 Å². The molecule has 4 nitrogen and oxygen atoms in total. The molecule has 1 unspecified atom stereocenters. The van der Waals surface area contributed by atoms with Gasteiger partial charge in [0.1, 0.15) is 0 Å². The average molecular weight is 220 g/mol. The smallest absolute Gasteiger partial charge is 0.246 e. The highest BCUT2D eigenvalue weighted by atomic mass is 16.5. The molecule has 0 aromatic carbocycles. The van der Waals surface area contributed by atoms with Crippen LogP contribution in [0.25, 0.3) is 0 Å². The van der Waals surface area contributed by atoms with Crippen LogP contribution in [-0.2, 0) is 16.6 Å². The molecule has 0 spiro atoms. The molecule has 1 saturated heterocycles. The first-order valence-corrected chi connectivity index (χ1v) is 5.36. The molecular weight excluding hydrogens is 204 g/mol. The number of amides is 1. The van der Waals surface area contributed by atoms with Gasteiger partial charge in [0, 0.05) is 25.5 Å². The van der Waals surface area contributed by atoms with E-state index in [1.54, 1.807) is 0 Å². The van der Waals surface area contributed by atoms with E-state index in [0.29, 0.717) is 19.8 Å². The maximum Gasteiger partial charge on any atom is 0.246 e. The Kier molecular flexibility index (Phi) is 3.10. The predicted octanol–water partition coefficient (Wildman–Crippen LogP) is 1.11. The normalized spacial score (nSPS) is 20.8. The number of aromatic nitrogens is 1. The highest BCUT2D eigenvalue weighted by Crippen LogP contribution is 2.24. The van der Waals surface area contributed by atoms with Crippen LogP contribution in [0.4, 0.5) is 0 Å². The van der Waals surface area contributed by atoms with Gasteiger partial charge in [-0.15, -0.1) is 0 Å². The van der Waals surface area contributed by atoms with Crippen molar-refractivity contribution in [1.29, 1.82) is 0 Å². The molecule has 2 rings (SSSR count). The first kappa shape index (κ1) is 11.0. The monoisotopic (exact) mass is 220 g/mol.